The van der Waals surface area contributed by atoms with Crippen molar-refractivity contribution in [3.8, 4) is 0 Å². The number of carbonyl (C=O) groups excluding carboxylic acids is 1. The van der Waals surface area contributed by atoms with E-state index in [1.54, 1.807) is 11.8 Å². The van der Waals surface area contributed by atoms with Crippen molar-refractivity contribution in [2.45, 2.75) is 6.92 Å². The zero-order chi connectivity index (χ0) is 14.5. The minimum Gasteiger partial charge on any atom is -0.382 e. The summed E-state index contributed by atoms with van der Waals surface area (Å²) in [7, 11) is 3.51. The van der Waals surface area contributed by atoms with Crippen LogP contribution in [-0.4, -0.2) is 49.2 Å². The molecule has 0 bridgehead atoms. The van der Waals surface area contributed by atoms with Gasteiger partial charge in [0.2, 0.25) is 0 Å². The molecule has 2 rings (SSSR count). The first kappa shape index (κ1) is 15.0. The van der Waals surface area contributed by atoms with Crippen molar-refractivity contribution in [2.75, 3.05) is 33.5 Å². The van der Waals surface area contributed by atoms with E-state index < -0.39 is 0 Å². The van der Waals surface area contributed by atoms with Gasteiger partial charge in [0.05, 0.1) is 30.4 Å². The molecule has 0 radical (unpaired) electrons. The number of aryl methyl sites for hydroxylation is 2. The zero-order valence-electron chi connectivity index (χ0n) is 11.9. The topological polar surface area (TPSA) is 65.4 Å². The average molecular weight is 297 g/mol. The second-order valence-electron chi connectivity index (χ2n) is 4.40. The van der Waals surface area contributed by atoms with E-state index >= 15 is 0 Å². The number of amides is 1. The van der Waals surface area contributed by atoms with Crippen molar-refractivity contribution < 1.29 is 14.3 Å². The molecule has 20 heavy (non-hydrogen) atoms. The Bertz CT molecular complexity index is 556. The fourth-order valence-corrected chi connectivity index (χ4v) is 2.92. The molecular weight excluding hydrogens is 278 g/mol. The number of rotatable bonds is 7. The highest BCUT2D eigenvalue weighted by Gasteiger charge is 2.14. The van der Waals surface area contributed by atoms with Gasteiger partial charge in [-0.05, 0) is 13.0 Å². The van der Waals surface area contributed by atoms with Crippen LogP contribution in [0.2, 0.25) is 0 Å². The molecule has 0 aromatic carbocycles. The molecule has 1 N–H and O–H groups in total. The number of hydrogen-bond acceptors (Lipinski definition) is 5. The lowest BCUT2D eigenvalue weighted by atomic mass is 10.3. The number of hydrogen-bond donors (Lipinski definition) is 1. The van der Waals surface area contributed by atoms with Crippen LogP contribution < -0.4 is 5.32 Å². The Labute approximate surface area is 121 Å². The minimum atomic E-state index is -0.0686. The average Bonchev–Trinajstić information content (AvgIpc) is 2.96. The van der Waals surface area contributed by atoms with E-state index in [-0.39, 0.29) is 5.91 Å². The van der Waals surface area contributed by atoms with Crippen LogP contribution in [0.25, 0.3) is 10.2 Å². The van der Waals surface area contributed by atoms with Gasteiger partial charge in [0, 0.05) is 26.1 Å². The Morgan fingerprint density at radius 3 is 2.95 bits per heavy atom. The summed E-state index contributed by atoms with van der Waals surface area (Å²) in [6, 6.07) is 1.89. The van der Waals surface area contributed by atoms with Crippen molar-refractivity contribution in [3.63, 3.8) is 0 Å². The number of aromatic nitrogens is 2. The molecule has 0 aliphatic heterocycles. The van der Waals surface area contributed by atoms with Crippen LogP contribution in [0.3, 0.4) is 0 Å². The van der Waals surface area contributed by atoms with Crippen molar-refractivity contribution >= 4 is 27.5 Å². The lowest BCUT2D eigenvalue weighted by Crippen LogP contribution is -2.26. The molecule has 0 atom stereocenters. The maximum absolute atomic E-state index is 12.0. The van der Waals surface area contributed by atoms with Crippen LogP contribution >= 0.6 is 11.3 Å². The van der Waals surface area contributed by atoms with Crippen molar-refractivity contribution in [3.05, 3.63) is 16.6 Å². The second-order valence-corrected chi connectivity index (χ2v) is 5.43. The maximum Gasteiger partial charge on any atom is 0.261 e. The van der Waals surface area contributed by atoms with Gasteiger partial charge in [0.1, 0.15) is 4.83 Å². The van der Waals surface area contributed by atoms with Gasteiger partial charge in [0.15, 0.2) is 0 Å². The molecule has 0 saturated heterocycles. The molecule has 0 saturated carbocycles. The first-order chi connectivity index (χ1) is 9.63. The summed E-state index contributed by atoms with van der Waals surface area (Å²) in [5.41, 5.74) is 0.945. The number of nitrogens with one attached hydrogen (secondary N) is 1. The fraction of sp³-hybridized carbons (Fsp3) is 0.538. The fourth-order valence-electron chi connectivity index (χ4n) is 1.89. The van der Waals surface area contributed by atoms with E-state index in [2.05, 4.69) is 10.4 Å². The second kappa shape index (κ2) is 6.83. The third kappa shape index (κ3) is 3.36. The van der Waals surface area contributed by atoms with Gasteiger partial charge in [-0.25, -0.2) is 0 Å². The number of ether oxygens (including phenoxy) is 2. The predicted molar refractivity (Wildman–Crippen MR) is 78.4 cm³/mol. The number of carbonyl (C=O) groups is 1. The van der Waals surface area contributed by atoms with Gasteiger partial charge in [-0.15, -0.1) is 11.3 Å². The maximum atomic E-state index is 12.0. The molecule has 2 aromatic rings. The Kier molecular flexibility index (Phi) is 5.11. The smallest absolute Gasteiger partial charge is 0.261 e. The number of fused-ring (bicyclic) bond motifs is 1. The number of nitrogens with zero attached hydrogens (tertiary/aromatic N) is 2. The minimum absolute atomic E-state index is 0.0686. The van der Waals surface area contributed by atoms with Gasteiger partial charge >= 0.3 is 0 Å². The molecule has 7 heteroatoms. The molecule has 0 unspecified atom stereocenters. The third-order valence-electron chi connectivity index (χ3n) is 2.88. The van der Waals surface area contributed by atoms with E-state index in [9.17, 15) is 4.79 Å². The molecule has 0 aliphatic carbocycles. The summed E-state index contributed by atoms with van der Waals surface area (Å²) in [4.78, 5) is 13.7. The van der Waals surface area contributed by atoms with Gasteiger partial charge in [-0.3, -0.25) is 9.48 Å². The lowest BCUT2D eigenvalue weighted by Gasteiger charge is -2.04. The predicted octanol–water partition coefficient (Wildman–Crippen LogP) is 1.34. The third-order valence-corrected chi connectivity index (χ3v) is 4.08. The van der Waals surface area contributed by atoms with Crippen molar-refractivity contribution in [2.24, 2.45) is 7.05 Å². The first-order valence-corrected chi connectivity index (χ1v) is 7.23. The largest absolute Gasteiger partial charge is 0.382 e. The molecule has 0 aliphatic rings. The van der Waals surface area contributed by atoms with Crippen LogP contribution in [-0.2, 0) is 16.5 Å². The lowest BCUT2D eigenvalue weighted by molar-refractivity contribution is 0.0693. The van der Waals surface area contributed by atoms with Crippen molar-refractivity contribution in [1.82, 2.24) is 15.1 Å². The van der Waals surface area contributed by atoms with Gasteiger partial charge < -0.3 is 14.8 Å². The van der Waals surface area contributed by atoms with E-state index in [0.717, 1.165) is 15.9 Å². The summed E-state index contributed by atoms with van der Waals surface area (Å²) in [6.07, 6.45) is 0. The summed E-state index contributed by atoms with van der Waals surface area (Å²) >= 11 is 1.45. The summed E-state index contributed by atoms with van der Waals surface area (Å²) in [5, 5.41) is 8.20. The number of thiophene rings is 1. The molecule has 6 nitrogen and oxygen atoms in total. The summed E-state index contributed by atoms with van der Waals surface area (Å²) in [5.74, 6) is -0.0686. The highest BCUT2D eigenvalue weighted by atomic mass is 32.1. The molecule has 2 heterocycles. The summed E-state index contributed by atoms with van der Waals surface area (Å²) in [6.45, 7) is 4.03. The highest BCUT2D eigenvalue weighted by Crippen LogP contribution is 2.27. The molecule has 2 aromatic heterocycles. The summed E-state index contributed by atoms with van der Waals surface area (Å²) < 4.78 is 12.0. The van der Waals surface area contributed by atoms with E-state index in [4.69, 9.17) is 9.47 Å². The molecule has 0 fully saturated rings. The van der Waals surface area contributed by atoms with Crippen LogP contribution in [0.1, 0.15) is 15.4 Å². The van der Waals surface area contributed by atoms with Crippen molar-refractivity contribution in [1.29, 1.82) is 0 Å². The van der Waals surface area contributed by atoms with Gasteiger partial charge in [-0.1, -0.05) is 0 Å². The monoisotopic (exact) mass is 297 g/mol. The Hall–Kier alpha value is -1.44. The Morgan fingerprint density at radius 2 is 2.25 bits per heavy atom. The Morgan fingerprint density at radius 1 is 1.45 bits per heavy atom. The standard InChI is InChI=1S/C13H19N3O3S/c1-9-10-8-11(20-13(10)16(2)15-9)12(17)14-4-5-19-7-6-18-3/h8H,4-7H2,1-3H3,(H,14,17). The molecule has 1 amide bonds. The van der Waals surface area contributed by atoms with Crippen LogP contribution in [0.4, 0.5) is 0 Å². The number of methoxy groups -OCH3 is 1. The van der Waals surface area contributed by atoms with E-state index in [1.807, 2.05) is 20.0 Å². The highest BCUT2D eigenvalue weighted by molar-refractivity contribution is 7.20. The molecule has 0 spiro atoms. The molecular formula is C13H19N3O3S. The zero-order valence-corrected chi connectivity index (χ0v) is 12.7. The van der Waals surface area contributed by atoms with Crippen LogP contribution in [0.15, 0.2) is 6.07 Å². The van der Waals surface area contributed by atoms with E-state index in [1.165, 1.54) is 11.3 Å². The SMILES string of the molecule is COCCOCCNC(=O)c1cc2c(C)nn(C)c2s1. The van der Waals surface area contributed by atoms with E-state index in [0.29, 0.717) is 31.2 Å². The van der Waals surface area contributed by atoms with Crippen LogP contribution in [0.5, 0.6) is 0 Å². The van der Waals surface area contributed by atoms with Crippen LogP contribution in [0, 0.1) is 6.92 Å². The van der Waals surface area contributed by atoms with Gasteiger partial charge in [-0.2, -0.15) is 5.10 Å². The normalized spacial score (nSPS) is 11.2. The quantitative estimate of drug-likeness (QED) is 0.783. The Balaban J connectivity index is 1.86. The van der Waals surface area contributed by atoms with Gasteiger partial charge in [0.25, 0.3) is 5.91 Å². The first-order valence-electron chi connectivity index (χ1n) is 6.41. The molecule has 110 valence electrons.